The number of aliphatic hydroxyl groups is 3. The lowest BCUT2D eigenvalue weighted by molar-refractivity contribution is -0.297. The number of carbonyl (C=O) groups is 2. The van der Waals surface area contributed by atoms with Crippen molar-refractivity contribution in [3.05, 3.63) is 0 Å². The molecule has 0 aromatic heterocycles. The molecule has 0 amide bonds. The van der Waals surface area contributed by atoms with Gasteiger partial charge in [-0.15, -0.1) is 0 Å². The van der Waals surface area contributed by atoms with Crippen LogP contribution in [0, 0.1) is 0 Å². The highest BCUT2D eigenvalue weighted by molar-refractivity contribution is 7.85. The van der Waals surface area contributed by atoms with Gasteiger partial charge in [-0.1, -0.05) is 174 Å². The molecular formula is C42H80O12S. The van der Waals surface area contributed by atoms with Crippen molar-refractivity contribution in [3.63, 3.8) is 0 Å². The van der Waals surface area contributed by atoms with E-state index < -0.39 is 71.2 Å². The van der Waals surface area contributed by atoms with Crippen molar-refractivity contribution in [2.24, 2.45) is 0 Å². The van der Waals surface area contributed by atoms with Gasteiger partial charge in [0.15, 0.2) is 12.4 Å². The van der Waals surface area contributed by atoms with Crippen LogP contribution in [0.1, 0.15) is 200 Å². The zero-order chi connectivity index (χ0) is 40.6. The smallest absolute Gasteiger partial charge is 0.306 e. The number of hydrogen-bond acceptors (Lipinski definition) is 11. The van der Waals surface area contributed by atoms with E-state index in [0.717, 1.165) is 38.5 Å². The van der Waals surface area contributed by atoms with Crippen molar-refractivity contribution < 1.29 is 56.8 Å². The first-order chi connectivity index (χ1) is 26.5. The van der Waals surface area contributed by atoms with E-state index in [2.05, 4.69) is 13.8 Å². The molecule has 0 aliphatic carbocycles. The standard InChI is InChI=1S/C42H80O12S/c1-3-5-7-9-11-13-14-15-16-17-18-19-20-21-22-23-25-27-29-31-38(44)53-35(32-51-37(43)30-28-26-24-12-10-8-6-4-2)33-52-42-41(47)40(46)39(45)36(54-42)34-55(48,49)50/h35-36,39-42,45-47H,3-34H2,1-2H3,(H,48,49,50)/t35-,36-,39-,40?,41?,42+/m1/s1. The molecule has 0 spiro atoms. The zero-order valence-electron chi connectivity index (χ0n) is 34.6. The molecule has 55 heavy (non-hydrogen) atoms. The van der Waals surface area contributed by atoms with Crippen LogP contribution in [0.3, 0.4) is 0 Å². The molecule has 1 aliphatic rings. The third kappa shape index (κ3) is 28.7. The number of carbonyl (C=O) groups excluding carboxylic acids is 2. The van der Waals surface area contributed by atoms with Gasteiger partial charge >= 0.3 is 11.9 Å². The van der Waals surface area contributed by atoms with Crippen molar-refractivity contribution in [2.75, 3.05) is 19.0 Å². The molecule has 0 bridgehead atoms. The average Bonchev–Trinajstić information content (AvgIpc) is 3.14. The van der Waals surface area contributed by atoms with Crippen molar-refractivity contribution in [3.8, 4) is 0 Å². The molecule has 0 aromatic carbocycles. The Morgan fingerprint density at radius 3 is 1.33 bits per heavy atom. The maximum atomic E-state index is 12.8. The van der Waals surface area contributed by atoms with Gasteiger partial charge in [0.2, 0.25) is 0 Å². The second-order valence-corrected chi connectivity index (χ2v) is 17.2. The van der Waals surface area contributed by atoms with E-state index in [0.29, 0.717) is 12.8 Å². The molecule has 0 radical (unpaired) electrons. The fourth-order valence-corrected chi connectivity index (χ4v) is 7.66. The fourth-order valence-electron chi connectivity index (χ4n) is 6.97. The molecule has 12 nitrogen and oxygen atoms in total. The van der Waals surface area contributed by atoms with Crippen LogP contribution in [-0.4, -0.2) is 96.0 Å². The van der Waals surface area contributed by atoms with E-state index in [-0.39, 0.29) is 19.4 Å². The van der Waals surface area contributed by atoms with Crippen LogP contribution < -0.4 is 0 Å². The van der Waals surface area contributed by atoms with Crippen LogP contribution in [0.4, 0.5) is 0 Å². The molecule has 0 saturated carbocycles. The Hall–Kier alpha value is -1.35. The van der Waals surface area contributed by atoms with E-state index in [1.807, 2.05) is 0 Å². The first kappa shape index (κ1) is 51.7. The molecule has 1 fully saturated rings. The second kappa shape index (κ2) is 33.6. The summed E-state index contributed by atoms with van der Waals surface area (Å²) in [6.07, 6.45) is 23.2. The van der Waals surface area contributed by atoms with E-state index in [1.54, 1.807) is 0 Å². The number of esters is 2. The van der Waals surface area contributed by atoms with Crippen molar-refractivity contribution in [1.82, 2.24) is 0 Å². The number of aliphatic hydroxyl groups excluding tert-OH is 3. The van der Waals surface area contributed by atoms with Gasteiger partial charge in [-0.05, 0) is 12.8 Å². The summed E-state index contributed by atoms with van der Waals surface area (Å²) in [7, 11) is -4.59. The normalized spacial score (nSPS) is 20.7. The van der Waals surface area contributed by atoms with Crippen LogP contribution in [0.5, 0.6) is 0 Å². The minimum absolute atomic E-state index is 0.172. The van der Waals surface area contributed by atoms with E-state index >= 15 is 0 Å². The van der Waals surface area contributed by atoms with Crippen LogP contribution in [-0.2, 0) is 38.7 Å². The molecule has 1 rings (SSSR count). The Kier molecular flexibility index (Phi) is 31.6. The average molecular weight is 809 g/mol. The monoisotopic (exact) mass is 809 g/mol. The van der Waals surface area contributed by atoms with Crippen LogP contribution in [0.15, 0.2) is 0 Å². The Morgan fingerprint density at radius 1 is 0.545 bits per heavy atom. The summed E-state index contributed by atoms with van der Waals surface area (Å²) in [5, 5.41) is 30.8. The summed E-state index contributed by atoms with van der Waals surface area (Å²) < 4.78 is 53.9. The largest absolute Gasteiger partial charge is 0.462 e. The summed E-state index contributed by atoms with van der Waals surface area (Å²) in [4.78, 5) is 25.2. The van der Waals surface area contributed by atoms with Gasteiger partial charge in [0, 0.05) is 12.8 Å². The summed E-state index contributed by atoms with van der Waals surface area (Å²) in [5.74, 6) is -1.97. The molecule has 13 heteroatoms. The van der Waals surface area contributed by atoms with Gasteiger partial charge in [-0.25, -0.2) is 0 Å². The number of rotatable bonds is 37. The minimum atomic E-state index is -4.59. The summed E-state index contributed by atoms with van der Waals surface area (Å²) in [6, 6.07) is 0. The predicted molar refractivity (Wildman–Crippen MR) is 215 cm³/mol. The third-order valence-corrected chi connectivity index (χ3v) is 11.2. The minimum Gasteiger partial charge on any atom is -0.462 e. The Morgan fingerprint density at radius 2 is 0.927 bits per heavy atom. The quantitative estimate of drug-likeness (QED) is 0.0267. The molecule has 1 aliphatic heterocycles. The Labute approximate surface area is 333 Å². The lowest BCUT2D eigenvalue weighted by Gasteiger charge is -2.40. The molecule has 0 aromatic rings. The number of ether oxygens (including phenoxy) is 4. The highest BCUT2D eigenvalue weighted by Crippen LogP contribution is 2.24. The highest BCUT2D eigenvalue weighted by Gasteiger charge is 2.46. The van der Waals surface area contributed by atoms with E-state index in [9.17, 15) is 37.9 Å². The Balaban J connectivity index is 2.38. The molecule has 326 valence electrons. The van der Waals surface area contributed by atoms with Crippen molar-refractivity contribution in [2.45, 2.75) is 237 Å². The van der Waals surface area contributed by atoms with Crippen LogP contribution >= 0.6 is 0 Å². The molecule has 6 atom stereocenters. The summed E-state index contributed by atoms with van der Waals surface area (Å²) >= 11 is 0. The second-order valence-electron chi connectivity index (χ2n) is 15.7. The fraction of sp³-hybridized carbons (Fsp3) is 0.952. The zero-order valence-corrected chi connectivity index (χ0v) is 35.4. The van der Waals surface area contributed by atoms with Gasteiger partial charge < -0.3 is 34.3 Å². The van der Waals surface area contributed by atoms with Crippen molar-refractivity contribution in [1.29, 1.82) is 0 Å². The Bertz CT molecular complexity index is 1040. The lowest BCUT2D eigenvalue weighted by atomic mass is 10.00. The van der Waals surface area contributed by atoms with Gasteiger partial charge in [0.25, 0.3) is 10.1 Å². The topological polar surface area (TPSA) is 186 Å². The SMILES string of the molecule is CCCCCCCCCCCCCCCCCCCCCC(=O)O[C@H](COC(=O)CCCCCCCCCC)CO[C@H]1O[C@H](CS(=O)(=O)O)[C@@H](O)C(O)C1O. The first-order valence-electron chi connectivity index (χ1n) is 22.1. The van der Waals surface area contributed by atoms with E-state index in [4.69, 9.17) is 18.9 Å². The maximum absolute atomic E-state index is 12.8. The van der Waals surface area contributed by atoms with Crippen LogP contribution in [0.2, 0.25) is 0 Å². The number of hydrogen-bond donors (Lipinski definition) is 4. The predicted octanol–water partition coefficient (Wildman–Crippen LogP) is 8.51. The van der Waals surface area contributed by atoms with Gasteiger partial charge in [0.05, 0.1) is 6.61 Å². The lowest BCUT2D eigenvalue weighted by Crippen LogP contribution is -2.60. The molecule has 4 N–H and O–H groups in total. The van der Waals surface area contributed by atoms with Gasteiger partial charge in [-0.3, -0.25) is 14.1 Å². The van der Waals surface area contributed by atoms with Crippen molar-refractivity contribution >= 4 is 22.1 Å². The number of unbranched alkanes of at least 4 members (excludes halogenated alkanes) is 25. The third-order valence-electron chi connectivity index (χ3n) is 10.4. The maximum Gasteiger partial charge on any atom is 0.306 e. The summed E-state index contributed by atoms with van der Waals surface area (Å²) in [5.41, 5.74) is 0. The van der Waals surface area contributed by atoms with E-state index in [1.165, 1.54) is 122 Å². The molecular weight excluding hydrogens is 729 g/mol. The first-order valence-corrected chi connectivity index (χ1v) is 23.7. The van der Waals surface area contributed by atoms with Gasteiger partial charge in [0.1, 0.15) is 36.8 Å². The molecule has 1 saturated heterocycles. The molecule has 2 unspecified atom stereocenters. The summed E-state index contributed by atoms with van der Waals surface area (Å²) in [6.45, 7) is 3.73. The molecule has 1 heterocycles. The van der Waals surface area contributed by atoms with Crippen LogP contribution in [0.25, 0.3) is 0 Å². The highest BCUT2D eigenvalue weighted by atomic mass is 32.2. The van der Waals surface area contributed by atoms with Gasteiger partial charge in [-0.2, -0.15) is 8.42 Å².